The van der Waals surface area contributed by atoms with Gasteiger partial charge in [-0.3, -0.25) is 4.68 Å². The van der Waals surface area contributed by atoms with Crippen LogP contribution in [0.25, 0.3) is 0 Å². The Labute approximate surface area is 158 Å². The number of aromatic amines is 1. The quantitative estimate of drug-likeness (QED) is 0.537. The molecule has 0 aliphatic carbocycles. The van der Waals surface area contributed by atoms with E-state index < -0.39 is 12.0 Å². The molecule has 0 bridgehead atoms. The molecular weight excluding hydrogens is 377 g/mol. The summed E-state index contributed by atoms with van der Waals surface area (Å²) in [6.07, 6.45) is -3.34. The summed E-state index contributed by atoms with van der Waals surface area (Å²) in [5, 5.41) is 13.7. The lowest BCUT2D eigenvalue weighted by molar-refractivity contribution is -0.147. The fourth-order valence-corrected chi connectivity index (χ4v) is 2.79. The second kappa shape index (κ2) is 7.10. The van der Waals surface area contributed by atoms with Crippen molar-refractivity contribution in [1.29, 1.82) is 0 Å². The molecule has 0 amide bonds. The summed E-state index contributed by atoms with van der Waals surface area (Å²) in [5.74, 6) is -1.20. The van der Waals surface area contributed by atoms with Gasteiger partial charge in [0.2, 0.25) is 4.77 Å². The predicted octanol–water partition coefficient (Wildman–Crippen LogP) is 4.01. The Hall–Kier alpha value is -2.75. The minimum Gasteiger partial charge on any atom is -0.265 e. The summed E-state index contributed by atoms with van der Waals surface area (Å²) in [6.45, 7) is 6.19. The molecule has 0 aliphatic heterocycles. The van der Waals surface area contributed by atoms with Gasteiger partial charge in [0.05, 0.1) is 18.5 Å². The maximum atomic E-state index is 13.0. The minimum absolute atomic E-state index is 0.235. The van der Waals surface area contributed by atoms with Crippen LogP contribution in [0.15, 0.2) is 29.4 Å². The zero-order valence-electron chi connectivity index (χ0n) is 14.9. The number of aryl methyl sites for hydroxylation is 2. The second-order valence-corrected chi connectivity index (χ2v) is 6.52. The minimum atomic E-state index is -4.66. The van der Waals surface area contributed by atoms with E-state index in [2.05, 4.69) is 20.4 Å². The summed E-state index contributed by atoms with van der Waals surface area (Å²) in [6, 6.07) is 8.06. The van der Waals surface area contributed by atoms with Crippen molar-refractivity contribution in [3.8, 4) is 0 Å². The molecule has 1 N–H and O–H groups in total. The zero-order chi connectivity index (χ0) is 19.8. The Kier molecular flexibility index (Phi) is 5.01. The van der Waals surface area contributed by atoms with Crippen LogP contribution in [0, 0.1) is 25.5 Å². The van der Waals surface area contributed by atoms with Crippen LogP contribution in [-0.4, -0.2) is 30.9 Å². The van der Waals surface area contributed by atoms with Crippen molar-refractivity contribution < 1.29 is 13.2 Å². The van der Waals surface area contributed by atoms with E-state index in [1.807, 2.05) is 38.1 Å². The highest BCUT2D eigenvalue weighted by molar-refractivity contribution is 7.71. The summed E-state index contributed by atoms with van der Waals surface area (Å²) < 4.78 is 41.1. The number of H-pyrrole nitrogens is 1. The van der Waals surface area contributed by atoms with E-state index in [1.54, 1.807) is 11.6 Å². The molecule has 10 heteroatoms. The Morgan fingerprint density at radius 3 is 2.48 bits per heavy atom. The molecule has 142 valence electrons. The normalized spacial score (nSPS) is 12.2. The van der Waals surface area contributed by atoms with Gasteiger partial charge in [0.15, 0.2) is 0 Å². The molecule has 0 aliphatic rings. The number of nitrogens with one attached hydrogen (secondary N) is 1. The molecule has 0 atom stereocenters. The van der Waals surface area contributed by atoms with E-state index in [9.17, 15) is 13.2 Å². The van der Waals surface area contributed by atoms with E-state index in [-0.39, 0.29) is 4.77 Å². The largest absolute Gasteiger partial charge is 0.453 e. The molecule has 27 heavy (non-hydrogen) atoms. The third-order valence-corrected chi connectivity index (χ3v) is 4.36. The summed E-state index contributed by atoms with van der Waals surface area (Å²) in [7, 11) is 0. The first-order valence-electron chi connectivity index (χ1n) is 8.05. The topological polar surface area (TPSA) is 63.8 Å². The molecule has 3 aromatic rings. The number of nitrogens with zero attached hydrogens (tertiary/aromatic N) is 5. The van der Waals surface area contributed by atoms with Crippen LogP contribution in [0.1, 0.15) is 33.9 Å². The van der Waals surface area contributed by atoms with Crippen molar-refractivity contribution in [2.75, 3.05) is 0 Å². The summed E-state index contributed by atoms with van der Waals surface area (Å²) >= 11 is 4.84. The highest BCUT2D eigenvalue weighted by Gasteiger charge is 2.37. The third kappa shape index (κ3) is 4.00. The standard InChI is InChI=1S/C17H17F3N6S/c1-10-4-6-13(7-5-10)9-25-12(3)14(11(2)24-25)8-21-26-15(17(18,19)20)22-23-16(26)27/h4-8H,9H2,1-3H3,(H,23,27)/b21-8-. The van der Waals surface area contributed by atoms with E-state index in [1.165, 1.54) is 6.21 Å². The van der Waals surface area contributed by atoms with Gasteiger partial charge in [-0.1, -0.05) is 29.8 Å². The number of hydrogen-bond acceptors (Lipinski definition) is 4. The molecule has 2 aromatic heterocycles. The van der Waals surface area contributed by atoms with Crippen LogP contribution in [0.5, 0.6) is 0 Å². The monoisotopic (exact) mass is 394 g/mol. The second-order valence-electron chi connectivity index (χ2n) is 6.13. The van der Waals surface area contributed by atoms with Gasteiger partial charge < -0.3 is 0 Å². The Bertz CT molecular complexity index is 1040. The molecule has 6 nitrogen and oxygen atoms in total. The fourth-order valence-electron chi connectivity index (χ4n) is 2.62. The maximum absolute atomic E-state index is 13.0. The van der Waals surface area contributed by atoms with Gasteiger partial charge in [0.25, 0.3) is 5.82 Å². The Morgan fingerprint density at radius 1 is 1.19 bits per heavy atom. The predicted molar refractivity (Wildman–Crippen MR) is 97.4 cm³/mol. The Morgan fingerprint density at radius 2 is 1.85 bits per heavy atom. The number of benzene rings is 1. The van der Waals surface area contributed by atoms with Crippen molar-refractivity contribution in [3.05, 3.63) is 62.9 Å². The highest BCUT2D eigenvalue weighted by atomic mass is 32.1. The highest BCUT2D eigenvalue weighted by Crippen LogP contribution is 2.27. The lowest BCUT2D eigenvalue weighted by atomic mass is 10.1. The van der Waals surface area contributed by atoms with Gasteiger partial charge in [-0.25, -0.2) is 5.10 Å². The molecule has 0 fully saturated rings. The average Bonchev–Trinajstić information content (AvgIpc) is 3.08. The van der Waals surface area contributed by atoms with Crippen molar-refractivity contribution in [1.82, 2.24) is 24.7 Å². The lowest BCUT2D eigenvalue weighted by Gasteiger charge is -2.06. The van der Waals surface area contributed by atoms with E-state index in [4.69, 9.17) is 12.2 Å². The van der Waals surface area contributed by atoms with Crippen LogP contribution in [0.3, 0.4) is 0 Å². The van der Waals surface area contributed by atoms with Gasteiger partial charge in [-0.15, -0.1) is 5.10 Å². The van der Waals surface area contributed by atoms with Gasteiger partial charge in [-0.2, -0.15) is 28.0 Å². The maximum Gasteiger partial charge on any atom is 0.453 e. The zero-order valence-corrected chi connectivity index (χ0v) is 15.7. The summed E-state index contributed by atoms with van der Waals surface area (Å²) in [4.78, 5) is 0. The number of rotatable bonds is 4. The number of alkyl halides is 3. The Balaban J connectivity index is 1.92. The number of halogens is 3. The van der Waals surface area contributed by atoms with E-state index in [0.29, 0.717) is 22.5 Å². The van der Waals surface area contributed by atoms with Gasteiger partial charge in [0, 0.05) is 11.3 Å². The smallest absolute Gasteiger partial charge is 0.265 e. The van der Waals surface area contributed by atoms with Crippen molar-refractivity contribution in [2.45, 2.75) is 33.5 Å². The molecule has 0 saturated carbocycles. The molecule has 1 aromatic carbocycles. The SMILES string of the molecule is Cc1ccc(Cn2nc(C)c(/C=N\n3c(C(F)(F)F)n[nH]c3=S)c2C)cc1. The van der Waals surface area contributed by atoms with Crippen LogP contribution < -0.4 is 0 Å². The first-order valence-corrected chi connectivity index (χ1v) is 8.46. The molecule has 0 spiro atoms. The van der Waals surface area contributed by atoms with Crippen LogP contribution in [0.4, 0.5) is 13.2 Å². The van der Waals surface area contributed by atoms with Crippen molar-refractivity contribution in [3.63, 3.8) is 0 Å². The molecule has 0 saturated heterocycles. The molecule has 0 unspecified atom stereocenters. The molecular formula is C17H17F3N6S. The lowest BCUT2D eigenvalue weighted by Crippen LogP contribution is -2.13. The first kappa shape index (κ1) is 19.0. The van der Waals surface area contributed by atoms with Crippen LogP contribution in [0.2, 0.25) is 0 Å². The van der Waals surface area contributed by atoms with Gasteiger partial charge >= 0.3 is 6.18 Å². The first-order chi connectivity index (χ1) is 12.7. The molecule has 0 radical (unpaired) electrons. The van der Waals surface area contributed by atoms with Gasteiger partial charge in [0.1, 0.15) is 0 Å². The third-order valence-electron chi connectivity index (χ3n) is 4.10. The van der Waals surface area contributed by atoms with E-state index in [0.717, 1.165) is 16.8 Å². The fraction of sp³-hybridized carbons (Fsp3) is 0.294. The molecule has 3 rings (SSSR count). The van der Waals surface area contributed by atoms with Gasteiger partial charge in [-0.05, 0) is 38.6 Å². The van der Waals surface area contributed by atoms with E-state index >= 15 is 0 Å². The molecule has 2 heterocycles. The average molecular weight is 394 g/mol. The van der Waals surface area contributed by atoms with Crippen molar-refractivity contribution >= 4 is 18.4 Å². The van der Waals surface area contributed by atoms with Crippen LogP contribution >= 0.6 is 12.2 Å². The summed E-state index contributed by atoms with van der Waals surface area (Å²) in [5.41, 5.74) is 4.33. The number of aromatic nitrogens is 5. The van der Waals surface area contributed by atoms with Crippen LogP contribution in [-0.2, 0) is 12.7 Å². The van der Waals surface area contributed by atoms with Crippen molar-refractivity contribution in [2.24, 2.45) is 5.10 Å². The number of hydrogen-bond donors (Lipinski definition) is 1.